The van der Waals surface area contributed by atoms with Crippen molar-refractivity contribution in [3.8, 4) is 11.5 Å². The van der Waals surface area contributed by atoms with Gasteiger partial charge in [-0.3, -0.25) is 9.59 Å². The largest absolute Gasteiger partial charge is 0.497 e. The van der Waals surface area contributed by atoms with Crippen molar-refractivity contribution in [3.05, 3.63) is 47.8 Å². The smallest absolute Gasteiger partial charge is 0.254 e. The van der Waals surface area contributed by atoms with Gasteiger partial charge in [0.2, 0.25) is 5.91 Å². The molecule has 0 atom stereocenters. The highest BCUT2D eigenvalue weighted by molar-refractivity contribution is 5.97. The van der Waals surface area contributed by atoms with Crippen molar-refractivity contribution in [2.75, 3.05) is 27.3 Å². The van der Waals surface area contributed by atoms with E-state index in [0.717, 1.165) is 25.0 Å². The topological polar surface area (TPSA) is 64.0 Å². The molecule has 2 aromatic rings. The fraction of sp³-hybridized carbons (Fsp3) is 0.478. The molecule has 1 aromatic carbocycles. The van der Waals surface area contributed by atoms with Gasteiger partial charge in [0.15, 0.2) is 0 Å². The van der Waals surface area contributed by atoms with Crippen LogP contribution in [-0.4, -0.2) is 59.5 Å². The maximum Gasteiger partial charge on any atom is 0.254 e. The van der Waals surface area contributed by atoms with Crippen molar-refractivity contribution in [1.82, 2.24) is 14.4 Å². The molecule has 0 saturated heterocycles. The lowest BCUT2D eigenvalue weighted by atomic mass is 10.1. The molecule has 0 radical (unpaired) electrons. The van der Waals surface area contributed by atoms with Gasteiger partial charge in [0.1, 0.15) is 18.0 Å². The average molecular weight is 414 g/mol. The number of aryl methyl sites for hydroxylation is 1. The van der Waals surface area contributed by atoms with Crippen LogP contribution in [0.4, 0.5) is 0 Å². The molecule has 1 aliphatic carbocycles. The monoisotopic (exact) mass is 413 g/mol. The minimum Gasteiger partial charge on any atom is -0.497 e. The third-order valence-electron chi connectivity index (χ3n) is 5.40. The summed E-state index contributed by atoms with van der Waals surface area (Å²) < 4.78 is 12.6. The summed E-state index contributed by atoms with van der Waals surface area (Å²) in [6.07, 6.45) is 4.78. The number of aromatic nitrogens is 1. The van der Waals surface area contributed by atoms with Gasteiger partial charge in [0.05, 0.1) is 20.8 Å². The number of methoxy groups -OCH3 is 2. The number of benzene rings is 1. The Labute approximate surface area is 178 Å². The molecule has 1 aliphatic rings. The van der Waals surface area contributed by atoms with E-state index in [9.17, 15) is 9.59 Å². The van der Waals surface area contributed by atoms with Crippen LogP contribution in [0.2, 0.25) is 0 Å². The van der Waals surface area contributed by atoms with E-state index in [4.69, 9.17) is 9.47 Å². The predicted molar refractivity (Wildman–Crippen MR) is 115 cm³/mol. The molecule has 1 aromatic heterocycles. The molecule has 7 heteroatoms. The van der Waals surface area contributed by atoms with E-state index in [-0.39, 0.29) is 24.4 Å². The van der Waals surface area contributed by atoms with Crippen LogP contribution in [0.1, 0.15) is 42.2 Å². The van der Waals surface area contributed by atoms with Gasteiger partial charge in [-0.15, -0.1) is 0 Å². The Bertz CT molecular complexity index is 866. The Morgan fingerprint density at radius 3 is 2.30 bits per heavy atom. The maximum absolute atomic E-state index is 13.2. The second-order valence-corrected chi connectivity index (χ2v) is 7.69. The molecule has 1 heterocycles. The van der Waals surface area contributed by atoms with Crippen molar-refractivity contribution < 1.29 is 19.1 Å². The maximum atomic E-state index is 13.2. The molecule has 0 N–H and O–H groups in total. The van der Waals surface area contributed by atoms with Crippen molar-refractivity contribution in [3.63, 3.8) is 0 Å². The SMILES string of the molecule is CCCN(CC(=O)N(Cc1cccn1C)C1CC1)C(=O)c1cc(OC)cc(OC)c1. The number of carbonyl (C=O) groups is 2. The van der Waals surface area contributed by atoms with Crippen LogP contribution >= 0.6 is 0 Å². The summed E-state index contributed by atoms with van der Waals surface area (Å²) in [7, 11) is 5.08. The third kappa shape index (κ3) is 5.14. The summed E-state index contributed by atoms with van der Waals surface area (Å²) >= 11 is 0. The van der Waals surface area contributed by atoms with Gasteiger partial charge in [0.25, 0.3) is 5.91 Å². The van der Waals surface area contributed by atoms with Crippen molar-refractivity contribution >= 4 is 11.8 Å². The van der Waals surface area contributed by atoms with Crippen LogP contribution in [0.5, 0.6) is 11.5 Å². The number of hydrogen-bond acceptors (Lipinski definition) is 4. The Hall–Kier alpha value is -2.96. The van der Waals surface area contributed by atoms with E-state index in [1.807, 2.05) is 41.8 Å². The van der Waals surface area contributed by atoms with Crippen LogP contribution in [0, 0.1) is 0 Å². The van der Waals surface area contributed by atoms with E-state index in [2.05, 4.69) is 0 Å². The van der Waals surface area contributed by atoms with Gasteiger partial charge in [-0.2, -0.15) is 0 Å². The zero-order valence-electron chi connectivity index (χ0n) is 18.3. The first-order valence-electron chi connectivity index (χ1n) is 10.4. The zero-order chi connectivity index (χ0) is 21.7. The Morgan fingerprint density at radius 1 is 1.13 bits per heavy atom. The lowest BCUT2D eigenvalue weighted by Gasteiger charge is -2.28. The molecule has 30 heavy (non-hydrogen) atoms. The van der Waals surface area contributed by atoms with Crippen LogP contribution in [0.25, 0.3) is 0 Å². The first-order chi connectivity index (χ1) is 14.5. The number of rotatable bonds is 10. The van der Waals surface area contributed by atoms with Gasteiger partial charge in [-0.05, 0) is 43.5 Å². The summed E-state index contributed by atoms with van der Waals surface area (Å²) in [5, 5.41) is 0. The number of carbonyl (C=O) groups excluding carboxylic acids is 2. The fourth-order valence-electron chi connectivity index (χ4n) is 3.53. The van der Waals surface area contributed by atoms with Gasteiger partial charge in [-0.1, -0.05) is 6.92 Å². The zero-order valence-corrected chi connectivity index (χ0v) is 18.3. The number of amides is 2. The third-order valence-corrected chi connectivity index (χ3v) is 5.40. The molecule has 1 saturated carbocycles. The second kappa shape index (κ2) is 9.69. The van der Waals surface area contributed by atoms with Crippen LogP contribution < -0.4 is 9.47 Å². The van der Waals surface area contributed by atoms with Crippen LogP contribution in [0.3, 0.4) is 0 Å². The minimum absolute atomic E-state index is 0.0182. The summed E-state index contributed by atoms with van der Waals surface area (Å²) in [6.45, 7) is 3.13. The predicted octanol–water partition coefficient (Wildman–Crippen LogP) is 3.09. The number of ether oxygens (including phenoxy) is 2. The Balaban J connectivity index is 1.77. The van der Waals surface area contributed by atoms with Gasteiger partial charge in [-0.25, -0.2) is 0 Å². The van der Waals surface area contributed by atoms with Crippen molar-refractivity contribution in [1.29, 1.82) is 0 Å². The average Bonchev–Trinajstić information content (AvgIpc) is 3.52. The first-order valence-corrected chi connectivity index (χ1v) is 10.4. The molecule has 1 fully saturated rings. The lowest BCUT2D eigenvalue weighted by molar-refractivity contribution is -0.133. The van der Waals surface area contributed by atoms with E-state index >= 15 is 0 Å². The Morgan fingerprint density at radius 2 is 1.80 bits per heavy atom. The van der Waals surface area contributed by atoms with Gasteiger partial charge < -0.3 is 23.8 Å². The molecule has 0 bridgehead atoms. The molecule has 7 nitrogen and oxygen atoms in total. The highest BCUT2D eigenvalue weighted by atomic mass is 16.5. The minimum atomic E-state index is -0.197. The number of hydrogen-bond donors (Lipinski definition) is 0. The molecule has 3 rings (SSSR count). The molecule has 0 aliphatic heterocycles. The summed E-state index contributed by atoms with van der Waals surface area (Å²) in [5.74, 6) is 0.875. The normalized spacial score (nSPS) is 13.1. The van der Waals surface area contributed by atoms with Crippen molar-refractivity contribution in [2.24, 2.45) is 7.05 Å². The molecule has 162 valence electrons. The van der Waals surface area contributed by atoms with E-state index in [1.165, 1.54) is 0 Å². The molecule has 0 unspecified atom stereocenters. The van der Waals surface area contributed by atoms with E-state index in [1.54, 1.807) is 37.3 Å². The summed E-state index contributed by atoms with van der Waals surface area (Å²) in [6, 6.07) is 9.36. The van der Waals surface area contributed by atoms with Crippen molar-refractivity contribution in [2.45, 2.75) is 38.8 Å². The van der Waals surface area contributed by atoms with Gasteiger partial charge >= 0.3 is 0 Å². The van der Waals surface area contributed by atoms with Crippen LogP contribution in [-0.2, 0) is 18.4 Å². The fourth-order valence-corrected chi connectivity index (χ4v) is 3.53. The van der Waals surface area contributed by atoms with E-state index < -0.39 is 0 Å². The van der Waals surface area contributed by atoms with E-state index in [0.29, 0.717) is 30.2 Å². The first kappa shape index (κ1) is 21.7. The Kier molecular flexibility index (Phi) is 7.03. The standard InChI is InChI=1S/C23H31N3O4/c1-5-10-25(23(28)17-12-20(29-3)14-21(13-17)30-4)16-22(27)26(18-8-9-18)15-19-7-6-11-24(19)2/h6-7,11-14,18H,5,8-10,15-16H2,1-4H3. The number of nitrogens with zero attached hydrogens (tertiary/aromatic N) is 3. The molecule has 2 amide bonds. The molecular weight excluding hydrogens is 382 g/mol. The highest BCUT2D eigenvalue weighted by Gasteiger charge is 2.34. The van der Waals surface area contributed by atoms with Gasteiger partial charge in [0, 0.05) is 43.2 Å². The molecule has 0 spiro atoms. The molecular formula is C23H31N3O4. The summed E-state index contributed by atoms with van der Waals surface area (Å²) in [5.41, 5.74) is 1.54. The highest BCUT2D eigenvalue weighted by Crippen LogP contribution is 2.29. The quantitative estimate of drug-likeness (QED) is 0.601. The summed E-state index contributed by atoms with van der Waals surface area (Å²) in [4.78, 5) is 30.0. The lowest BCUT2D eigenvalue weighted by Crippen LogP contribution is -2.44. The second-order valence-electron chi connectivity index (χ2n) is 7.69. The van der Waals surface area contributed by atoms with Crippen LogP contribution in [0.15, 0.2) is 36.5 Å².